The van der Waals surface area contributed by atoms with E-state index in [1.807, 2.05) is 4.40 Å². The van der Waals surface area contributed by atoms with E-state index in [0.717, 1.165) is 30.0 Å². The SMILES string of the molecule is c1nc2ncn3c(C4CCCN4)nnc3c2[nH]1. The van der Waals surface area contributed by atoms with E-state index in [2.05, 4.69) is 30.5 Å². The Morgan fingerprint density at radius 3 is 3.18 bits per heavy atom. The lowest BCUT2D eigenvalue weighted by molar-refractivity contribution is 0.597. The van der Waals surface area contributed by atoms with Crippen LogP contribution in [0, 0.1) is 0 Å². The maximum atomic E-state index is 4.29. The Kier molecular flexibility index (Phi) is 1.72. The van der Waals surface area contributed by atoms with E-state index < -0.39 is 0 Å². The smallest absolute Gasteiger partial charge is 0.189 e. The average Bonchev–Trinajstić information content (AvgIpc) is 3.08. The predicted octanol–water partition coefficient (Wildman–Crippen LogP) is 0.425. The molecule has 86 valence electrons. The van der Waals surface area contributed by atoms with Crippen LogP contribution in [-0.2, 0) is 0 Å². The van der Waals surface area contributed by atoms with Crippen molar-refractivity contribution in [3.8, 4) is 0 Å². The first-order valence-electron chi connectivity index (χ1n) is 5.69. The van der Waals surface area contributed by atoms with Crippen molar-refractivity contribution in [3.63, 3.8) is 0 Å². The third-order valence-electron chi connectivity index (χ3n) is 3.23. The molecule has 0 bridgehead atoms. The van der Waals surface area contributed by atoms with Crippen molar-refractivity contribution in [2.24, 2.45) is 0 Å². The Hall–Kier alpha value is -2.02. The van der Waals surface area contributed by atoms with Crippen LogP contribution in [0.2, 0.25) is 0 Å². The predicted molar refractivity (Wildman–Crippen MR) is 60.4 cm³/mol. The molecule has 4 heterocycles. The topological polar surface area (TPSA) is 83.8 Å². The number of aromatic amines is 1. The molecule has 4 rings (SSSR count). The lowest BCUT2D eigenvalue weighted by Crippen LogP contribution is -2.15. The zero-order valence-electron chi connectivity index (χ0n) is 9.09. The molecule has 1 unspecified atom stereocenters. The van der Waals surface area contributed by atoms with E-state index in [9.17, 15) is 0 Å². The molecule has 0 aromatic carbocycles. The van der Waals surface area contributed by atoms with Crippen LogP contribution in [0.5, 0.6) is 0 Å². The van der Waals surface area contributed by atoms with Crippen LogP contribution >= 0.6 is 0 Å². The summed E-state index contributed by atoms with van der Waals surface area (Å²) >= 11 is 0. The second-order valence-electron chi connectivity index (χ2n) is 4.25. The zero-order valence-corrected chi connectivity index (χ0v) is 9.09. The van der Waals surface area contributed by atoms with Gasteiger partial charge in [0.05, 0.1) is 12.4 Å². The molecule has 0 aliphatic carbocycles. The van der Waals surface area contributed by atoms with Crippen molar-refractivity contribution in [1.29, 1.82) is 0 Å². The Labute approximate surface area is 96.3 Å². The van der Waals surface area contributed by atoms with E-state index in [-0.39, 0.29) is 6.04 Å². The van der Waals surface area contributed by atoms with Gasteiger partial charge in [0.2, 0.25) is 0 Å². The minimum Gasteiger partial charge on any atom is -0.340 e. The molecule has 7 nitrogen and oxygen atoms in total. The van der Waals surface area contributed by atoms with Gasteiger partial charge in [-0.05, 0) is 19.4 Å². The highest BCUT2D eigenvalue weighted by Gasteiger charge is 2.22. The number of nitrogens with zero attached hydrogens (tertiary/aromatic N) is 5. The number of fused-ring (bicyclic) bond motifs is 3. The highest BCUT2D eigenvalue weighted by Crippen LogP contribution is 2.23. The van der Waals surface area contributed by atoms with Gasteiger partial charge in [-0.15, -0.1) is 10.2 Å². The molecule has 3 aromatic rings. The summed E-state index contributed by atoms with van der Waals surface area (Å²) in [7, 11) is 0. The standard InChI is InChI=1S/C10H11N7/c1-2-6(11-3-1)9-15-16-10-7-8(13-4-12-7)14-5-17(9)10/h4-6,11H,1-3H2,(H,12,13). The fraction of sp³-hybridized carbons (Fsp3) is 0.400. The second kappa shape index (κ2) is 3.24. The van der Waals surface area contributed by atoms with Gasteiger partial charge >= 0.3 is 0 Å². The number of nitrogens with one attached hydrogen (secondary N) is 2. The van der Waals surface area contributed by atoms with E-state index in [1.165, 1.54) is 6.42 Å². The summed E-state index contributed by atoms with van der Waals surface area (Å²) < 4.78 is 1.93. The van der Waals surface area contributed by atoms with Crippen molar-refractivity contribution in [1.82, 2.24) is 34.9 Å². The Bertz CT molecular complexity index is 676. The monoisotopic (exact) mass is 229 g/mol. The lowest BCUT2D eigenvalue weighted by Gasteiger charge is -2.06. The third-order valence-corrected chi connectivity index (χ3v) is 3.23. The van der Waals surface area contributed by atoms with Crippen molar-refractivity contribution in [2.75, 3.05) is 6.54 Å². The summed E-state index contributed by atoms with van der Waals surface area (Å²) in [5.41, 5.74) is 2.30. The lowest BCUT2D eigenvalue weighted by atomic mass is 10.2. The number of aromatic nitrogens is 6. The van der Waals surface area contributed by atoms with Crippen LogP contribution in [-0.4, -0.2) is 36.1 Å². The normalized spacial score (nSPS) is 20.6. The molecule has 1 aliphatic heterocycles. The molecule has 1 fully saturated rings. The molecule has 0 saturated carbocycles. The van der Waals surface area contributed by atoms with Crippen molar-refractivity contribution >= 4 is 16.8 Å². The molecular weight excluding hydrogens is 218 g/mol. The van der Waals surface area contributed by atoms with Crippen LogP contribution in [0.1, 0.15) is 24.7 Å². The molecule has 2 N–H and O–H groups in total. The molecule has 0 spiro atoms. The largest absolute Gasteiger partial charge is 0.340 e. The van der Waals surface area contributed by atoms with Gasteiger partial charge < -0.3 is 10.3 Å². The number of hydrogen-bond acceptors (Lipinski definition) is 5. The van der Waals surface area contributed by atoms with E-state index >= 15 is 0 Å². The van der Waals surface area contributed by atoms with E-state index in [0.29, 0.717) is 5.65 Å². The van der Waals surface area contributed by atoms with E-state index in [1.54, 1.807) is 12.7 Å². The highest BCUT2D eigenvalue weighted by molar-refractivity contribution is 5.84. The summed E-state index contributed by atoms with van der Waals surface area (Å²) in [4.78, 5) is 11.4. The number of hydrogen-bond donors (Lipinski definition) is 2. The quantitative estimate of drug-likeness (QED) is 0.632. The maximum absolute atomic E-state index is 4.29. The summed E-state index contributed by atoms with van der Waals surface area (Å²) in [6.07, 6.45) is 5.65. The molecule has 3 aromatic heterocycles. The van der Waals surface area contributed by atoms with Crippen molar-refractivity contribution in [2.45, 2.75) is 18.9 Å². The third kappa shape index (κ3) is 1.19. The Morgan fingerprint density at radius 1 is 1.29 bits per heavy atom. The molecule has 0 amide bonds. The van der Waals surface area contributed by atoms with Gasteiger partial charge in [0.25, 0.3) is 0 Å². The van der Waals surface area contributed by atoms with Gasteiger partial charge in [-0.1, -0.05) is 0 Å². The fourth-order valence-corrected chi connectivity index (χ4v) is 2.39. The zero-order chi connectivity index (χ0) is 11.2. The van der Waals surface area contributed by atoms with Gasteiger partial charge in [0.15, 0.2) is 17.1 Å². The number of H-pyrrole nitrogens is 1. The van der Waals surface area contributed by atoms with Crippen LogP contribution in [0.4, 0.5) is 0 Å². The molecule has 7 heteroatoms. The van der Waals surface area contributed by atoms with Crippen LogP contribution in [0.25, 0.3) is 16.8 Å². The summed E-state index contributed by atoms with van der Waals surface area (Å²) in [5.74, 6) is 0.932. The average molecular weight is 229 g/mol. The fourth-order valence-electron chi connectivity index (χ4n) is 2.39. The van der Waals surface area contributed by atoms with Gasteiger partial charge in [0, 0.05) is 0 Å². The van der Waals surface area contributed by atoms with Gasteiger partial charge in [0.1, 0.15) is 11.8 Å². The van der Waals surface area contributed by atoms with Crippen LogP contribution in [0.15, 0.2) is 12.7 Å². The van der Waals surface area contributed by atoms with Crippen LogP contribution in [0.3, 0.4) is 0 Å². The Balaban J connectivity index is 1.99. The highest BCUT2D eigenvalue weighted by atomic mass is 15.3. The summed E-state index contributed by atoms with van der Waals surface area (Å²) in [6, 6.07) is 0.284. The molecule has 17 heavy (non-hydrogen) atoms. The van der Waals surface area contributed by atoms with E-state index in [4.69, 9.17) is 0 Å². The summed E-state index contributed by atoms with van der Waals surface area (Å²) in [6.45, 7) is 1.04. The molecule has 1 saturated heterocycles. The maximum Gasteiger partial charge on any atom is 0.189 e. The molecular formula is C10H11N7. The second-order valence-corrected chi connectivity index (χ2v) is 4.25. The Morgan fingerprint density at radius 2 is 2.29 bits per heavy atom. The molecule has 0 radical (unpaired) electrons. The number of rotatable bonds is 1. The first kappa shape index (κ1) is 9.06. The molecule has 1 aliphatic rings. The number of imidazole rings is 1. The van der Waals surface area contributed by atoms with Crippen molar-refractivity contribution in [3.05, 3.63) is 18.5 Å². The van der Waals surface area contributed by atoms with Crippen molar-refractivity contribution < 1.29 is 0 Å². The first-order chi connectivity index (χ1) is 8.43. The van der Waals surface area contributed by atoms with Gasteiger partial charge in [-0.25, -0.2) is 9.97 Å². The first-order valence-corrected chi connectivity index (χ1v) is 5.69. The van der Waals surface area contributed by atoms with Gasteiger partial charge in [-0.2, -0.15) is 0 Å². The molecule has 1 atom stereocenters. The summed E-state index contributed by atoms with van der Waals surface area (Å²) in [5, 5.41) is 11.9. The minimum atomic E-state index is 0.284. The van der Waals surface area contributed by atoms with Gasteiger partial charge in [-0.3, -0.25) is 4.40 Å². The minimum absolute atomic E-state index is 0.284. The van der Waals surface area contributed by atoms with Crippen LogP contribution < -0.4 is 5.32 Å².